The van der Waals surface area contributed by atoms with Gasteiger partial charge in [0.15, 0.2) is 0 Å². The van der Waals surface area contributed by atoms with Gasteiger partial charge in [-0.2, -0.15) is 0 Å². The lowest BCUT2D eigenvalue weighted by Gasteiger charge is -2.04. The summed E-state index contributed by atoms with van der Waals surface area (Å²) in [6.45, 7) is 0.335. The first-order chi connectivity index (χ1) is 7.29. The van der Waals surface area contributed by atoms with Gasteiger partial charge in [0.1, 0.15) is 0 Å². The third-order valence-electron chi connectivity index (χ3n) is 2.07. The topological polar surface area (TPSA) is 41.1 Å². The van der Waals surface area contributed by atoms with Gasteiger partial charge in [-0.05, 0) is 42.1 Å². The molecule has 0 saturated heterocycles. The van der Waals surface area contributed by atoms with Crippen LogP contribution >= 0.6 is 11.3 Å². The Kier molecular flexibility index (Phi) is 2.99. The van der Waals surface area contributed by atoms with Crippen LogP contribution in [0.1, 0.15) is 0 Å². The van der Waals surface area contributed by atoms with E-state index in [1.165, 1.54) is 10.1 Å². The second-order valence-corrected chi connectivity index (χ2v) is 4.20. The Hall–Kier alpha value is -1.39. The number of anilines is 1. The van der Waals surface area contributed by atoms with E-state index in [2.05, 4.69) is 10.6 Å². The van der Waals surface area contributed by atoms with Crippen molar-refractivity contribution in [2.45, 2.75) is 0 Å². The third kappa shape index (κ3) is 2.34. The molecule has 0 saturated carbocycles. The van der Waals surface area contributed by atoms with Crippen molar-refractivity contribution < 1.29 is 4.79 Å². The van der Waals surface area contributed by atoms with Crippen LogP contribution in [0, 0.1) is 0 Å². The standard InChI is InChI=1S/C11H12N2OS/c1-12-7-11(14)13-9-2-3-10-8(6-9)4-5-15-10/h2-6,12H,7H2,1H3,(H,13,14). The van der Waals surface area contributed by atoms with Crippen LogP contribution in [0.15, 0.2) is 29.6 Å². The van der Waals surface area contributed by atoms with Gasteiger partial charge in [0.2, 0.25) is 5.91 Å². The highest BCUT2D eigenvalue weighted by molar-refractivity contribution is 7.17. The summed E-state index contributed by atoms with van der Waals surface area (Å²) < 4.78 is 1.24. The SMILES string of the molecule is CNCC(=O)Nc1ccc2sccc2c1. The molecule has 4 heteroatoms. The Balaban J connectivity index is 2.17. The van der Waals surface area contributed by atoms with Gasteiger partial charge in [0, 0.05) is 10.4 Å². The second-order valence-electron chi connectivity index (χ2n) is 3.25. The number of benzene rings is 1. The summed E-state index contributed by atoms with van der Waals surface area (Å²) in [4.78, 5) is 11.3. The van der Waals surface area contributed by atoms with Gasteiger partial charge in [0.25, 0.3) is 0 Å². The molecule has 0 atom stereocenters. The molecule has 2 aromatic rings. The van der Waals surface area contributed by atoms with Gasteiger partial charge < -0.3 is 10.6 Å². The van der Waals surface area contributed by atoms with Gasteiger partial charge in [-0.25, -0.2) is 0 Å². The quantitative estimate of drug-likeness (QED) is 0.831. The van der Waals surface area contributed by atoms with Gasteiger partial charge in [0.05, 0.1) is 6.54 Å². The number of nitrogens with one attached hydrogen (secondary N) is 2. The number of carbonyl (C=O) groups is 1. The van der Waals surface area contributed by atoms with Crippen molar-refractivity contribution in [3.05, 3.63) is 29.6 Å². The lowest BCUT2D eigenvalue weighted by atomic mass is 10.2. The first-order valence-electron chi connectivity index (χ1n) is 4.71. The van der Waals surface area contributed by atoms with Gasteiger partial charge in [-0.3, -0.25) is 4.79 Å². The number of hydrogen-bond acceptors (Lipinski definition) is 3. The highest BCUT2D eigenvalue weighted by Gasteiger charge is 2.01. The monoisotopic (exact) mass is 220 g/mol. The molecule has 0 aliphatic carbocycles. The van der Waals surface area contributed by atoms with Gasteiger partial charge in [-0.1, -0.05) is 0 Å². The van der Waals surface area contributed by atoms with E-state index >= 15 is 0 Å². The molecule has 78 valence electrons. The van der Waals surface area contributed by atoms with E-state index in [4.69, 9.17) is 0 Å². The summed E-state index contributed by atoms with van der Waals surface area (Å²) in [5, 5.41) is 8.85. The number of fused-ring (bicyclic) bond motifs is 1. The lowest BCUT2D eigenvalue weighted by molar-refractivity contribution is -0.115. The molecule has 0 aliphatic heterocycles. The number of hydrogen-bond donors (Lipinski definition) is 2. The second kappa shape index (κ2) is 4.42. The molecular formula is C11H12N2OS. The molecule has 1 aromatic carbocycles. The summed E-state index contributed by atoms with van der Waals surface area (Å²) in [5.74, 6) is -0.0212. The van der Waals surface area contributed by atoms with Crippen molar-refractivity contribution in [1.29, 1.82) is 0 Å². The number of thiophene rings is 1. The Morgan fingerprint density at radius 2 is 2.27 bits per heavy atom. The number of likely N-dealkylation sites (N-methyl/N-ethyl adjacent to an activating group) is 1. The molecule has 2 N–H and O–H groups in total. The number of rotatable bonds is 3. The molecule has 1 aromatic heterocycles. The van der Waals surface area contributed by atoms with Crippen LogP contribution < -0.4 is 10.6 Å². The predicted molar refractivity (Wildman–Crippen MR) is 64.4 cm³/mol. The molecule has 1 heterocycles. The molecule has 0 unspecified atom stereocenters. The van der Waals surface area contributed by atoms with Crippen LogP contribution in [-0.4, -0.2) is 19.5 Å². The summed E-state index contributed by atoms with van der Waals surface area (Å²) in [7, 11) is 1.75. The molecule has 1 amide bonds. The molecule has 0 bridgehead atoms. The molecular weight excluding hydrogens is 208 g/mol. The fourth-order valence-electron chi connectivity index (χ4n) is 1.41. The van der Waals surface area contributed by atoms with Crippen LogP contribution in [0.5, 0.6) is 0 Å². The Morgan fingerprint density at radius 1 is 1.40 bits per heavy atom. The van der Waals surface area contributed by atoms with E-state index in [0.717, 1.165) is 5.69 Å². The molecule has 3 nitrogen and oxygen atoms in total. The van der Waals surface area contributed by atoms with Crippen molar-refractivity contribution in [3.63, 3.8) is 0 Å². The van der Waals surface area contributed by atoms with Crippen LogP contribution in [-0.2, 0) is 4.79 Å². The maximum Gasteiger partial charge on any atom is 0.238 e. The molecule has 15 heavy (non-hydrogen) atoms. The van der Waals surface area contributed by atoms with Crippen LogP contribution in [0.25, 0.3) is 10.1 Å². The van der Waals surface area contributed by atoms with Crippen molar-refractivity contribution in [1.82, 2.24) is 5.32 Å². The number of carbonyl (C=O) groups excluding carboxylic acids is 1. The molecule has 2 rings (SSSR count). The van der Waals surface area contributed by atoms with Crippen LogP contribution in [0.2, 0.25) is 0 Å². The van der Waals surface area contributed by atoms with Gasteiger partial charge in [-0.15, -0.1) is 11.3 Å². The Labute approximate surface area is 92.1 Å². The fraction of sp³-hybridized carbons (Fsp3) is 0.182. The van der Waals surface area contributed by atoms with Gasteiger partial charge >= 0.3 is 0 Å². The maximum absolute atomic E-state index is 11.3. The maximum atomic E-state index is 11.3. The average Bonchev–Trinajstić information content (AvgIpc) is 2.65. The molecule has 0 spiro atoms. The van der Waals surface area contributed by atoms with E-state index in [1.54, 1.807) is 18.4 Å². The smallest absolute Gasteiger partial charge is 0.238 e. The average molecular weight is 220 g/mol. The minimum atomic E-state index is -0.0212. The summed E-state index contributed by atoms with van der Waals surface area (Å²) in [6, 6.07) is 7.98. The van der Waals surface area contributed by atoms with Crippen molar-refractivity contribution in [2.24, 2.45) is 0 Å². The first-order valence-corrected chi connectivity index (χ1v) is 5.59. The largest absolute Gasteiger partial charge is 0.325 e. The lowest BCUT2D eigenvalue weighted by Crippen LogP contribution is -2.24. The summed E-state index contributed by atoms with van der Waals surface area (Å²) >= 11 is 1.70. The fourth-order valence-corrected chi connectivity index (χ4v) is 2.18. The minimum Gasteiger partial charge on any atom is -0.325 e. The Bertz CT molecular complexity index is 478. The van der Waals surface area contributed by atoms with Crippen LogP contribution in [0.4, 0.5) is 5.69 Å². The zero-order chi connectivity index (χ0) is 10.7. The first kappa shape index (κ1) is 10.1. The molecule has 0 aliphatic rings. The minimum absolute atomic E-state index is 0.0212. The zero-order valence-electron chi connectivity index (χ0n) is 8.41. The van der Waals surface area contributed by atoms with E-state index in [0.29, 0.717) is 6.54 Å². The normalized spacial score (nSPS) is 10.5. The van der Waals surface area contributed by atoms with Crippen molar-refractivity contribution in [3.8, 4) is 0 Å². The molecule has 0 fully saturated rings. The van der Waals surface area contributed by atoms with E-state index in [1.807, 2.05) is 29.6 Å². The van der Waals surface area contributed by atoms with E-state index in [-0.39, 0.29) is 5.91 Å². The summed E-state index contributed by atoms with van der Waals surface area (Å²) in [5.41, 5.74) is 0.848. The van der Waals surface area contributed by atoms with E-state index in [9.17, 15) is 4.79 Å². The highest BCUT2D eigenvalue weighted by Crippen LogP contribution is 2.23. The third-order valence-corrected chi connectivity index (χ3v) is 2.97. The Morgan fingerprint density at radius 3 is 3.07 bits per heavy atom. The van der Waals surface area contributed by atoms with Crippen LogP contribution in [0.3, 0.4) is 0 Å². The predicted octanol–water partition coefficient (Wildman–Crippen LogP) is 2.06. The van der Waals surface area contributed by atoms with E-state index < -0.39 is 0 Å². The van der Waals surface area contributed by atoms with Crippen molar-refractivity contribution in [2.75, 3.05) is 18.9 Å². The van der Waals surface area contributed by atoms with Crippen molar-refractivity contribution >= 4 is 33.0 Å². The molecule has 0 radical (unpaired) electrons. The highest BCUT2D eigenvalue weighted by atomic mass is 32.1. The summed E-state index contributed by atoms with van der Waals surface area (Å²) in [6.07, 6.45) is 0. The zero-order valence-corrected chi connectivity index (χ0v) is 9.23. The number of amides is 1.